The van der Waals surface area contributed by atoms with Gasteiger partial charge in [-0.15, -0.1) is 5.10 Å². The molecule has 2 aliphatic rings. The van der Waals surface area contributed by atoms with Gasteiger partial charge >= 0.3 is 5.97 Å². The zero-order chi connectivity index (χ0) is 13.4. The summed E-state index contributed by atoms with van der Waals surface area (Å²) in [5, 5.41) is 16.3. The lowest BCUT2D eigenvalue weighted by Crippen LogP contribution is -2.54. The van der Waals surface area contributed by atoms with Crippen molar-refractivity contribution < 1.29 is 14.6 Å². The first-order valence-electron chi connectivity index (χ1n) is 6.62. The minimum absolute atomic E-state index is 0.00990. The normalized spacial score (nSPS) is 26.3. The van der Waals surface area contributed by atoms with E-state index in [1.54, 1.807) is 4.68 Å². The lowest BCUT2D eigenvalue weighted by atomic mass is 9.95. The first kappa shape index (κ1) is 12.6. The van der Waals surface area contributed by atoms with E-state index in [0.29, 0.717) is 12.0 Å². The lowest BCUT2D eigenvalue weighted by Gasteiger charge is -2.44. The number of carboxylic acids is 1. The molecule has 3 rings (SSSR count). The number of nitrogens with zero attached hydrogens (tertiary/aromatic N) is 4. The van der Waals surface area contributed by atoms with E-state index in [9.17, 15) is 4.79 Å². The van der Waals surface area contributed by atoms with Crippen molar-refractivity contribution in [2.45, 2.75) is 25.4 Å². The van der Waals surface area contributed by atoms with Gasteiger partial charge in [0.05, 0.1) is 18.8 Å². The SMILES string of the molecule is CC(C1CCOC1)N1CC(n2cc(C(=O)O)nn2)C1. The third kappa shape index (κ3) is 2.35. The molecule has 0 aromatic carbocycles. The quantitative estimate of drug-likeness (QED) is 0.842. The zero-order valence-electron chi connectivity index (χ0n) is 10.9. The highest BCUT2D eigenvalue weighted by Crippen LogP contribution is 2.29. The fraction of sp³-hybridized carbons (Fsp3) is 0.750. The van der Waals surface area contributed by atoms with Crippen LogP contribution in [-0.4, -0.2) is 63.3 Å². The molecule has 0 aliphatic carbocycles. The summed E-state index contributed by atoms with van der Waals surface area (Å²) in [5.41, 5.74) is 0.00990. The van der Waals surface area contributed by atoms with E-state index in [2.05, 4.69) is 22.1 Å². The van der Waals surface area contributed by atoms with Crippen LogP contribution < -0.4 is 0 Å². The van der Waals surface area contributed by atoms with Crippen LogP contribution in [0.1, 0.15) is 29.9 Å². The number of hydrogen-bond donors (Lipinski definition) is 1. The predicted molar refractivity (Wildman–Crippen MR) is 66.0 cm³/mol. The highest BCUT2D eigenvalue weighted by Gasteiger charge is 2.36. The number of rotatable bonds is 4. The largest absolute Gasteiger partial charge is 0.476 e. The second-order valence-corrected chi connectivity index (χ2v) is 5.36. The van der Waals surface area contributed by atoms with Crippen LogP contribution >= 0.6 is 0 Å². The smallest absolute Gasteiger partial charge is 0.358 e. The maximum Gasteiger partial charge on any atom is 0.358 e. The van der Waals surface area contributed by atoms with E-state index < -0.39 is 5.97 Å². The van der Waals surface area contributed by atoms with Crippen LogP contribution in [0, 0.1) is 5.92 Å². The Labute approximate surface area is 111 Å². The molecule has 0 radical (unpaired) electrons. The summed E-state index contributed by atoms with van der Waals surface area (Å²) in [7, 11) is 0. The number of hydrogen-bond acceptors (Lipinski definition) is 5. The molecule has 0 spiro atoms. The monoisotopic (exact) mass is 266 g/mol. The Morgan fingerprint density at radius 2 is 2.37 bits per heavy atom. The van der Waals surface area contributed by atoms with E-state index in [0.717, 1.165) is 32.7 Å². The average Bonchev–Trinajstić information content (AvgIpc) is 2.98. The molecule has 2 unspecified atom stereocenters. The minimum atomic E-state index is -1.03. The van der Waals surface area contributed by atoms with Crippen molar-refractivity contribution in [3.8, 4) is 0 Å². The fourth-order valence-electron chi connectivity index (χ4n) is 2.77. The van der Waals surface area contributed by atoms with Crippen molar-refractivity contribution in [3.63, 3.8) is 0 Å². The van der Waals surface area contributed by atoms with Gasteiger partial charge < -0.3 is 9.84 Å². The summed E-state index contributed by atoms with van der Waals surface area (Å²) in [5.74, 6) is -0.412. The summed E-state index contributed by atoms with van der Waals surface area (Å²) >= 11 is 0. The zero-order valence-corrected chi connectivity index (χ0v) is 10.9. The maximum atomic E-state index is 10.7. The van der Waals surface area contributed by atoms with E-state index in [4.69, 9.17) is 9.84 Å². The Morgan fingerprint density at radius 1 is 1.58 bits per heavy atom. The van der Waals surface area contributed by atoms with Crippen LogP contribution in [0.3, 0.4) is 0 Å². The van der Waals surface area contributed by atoms with Gasteiger partial charge in [0.25, 0.3) is 0 Å². The molecular weight excluding hydrogens is 248 g/mol. The van der Waals surface area contributed by atoms with Crippen LogP contribution in [0.5, 0.6) is 0 Å². The molecule has 3 heterocycles. The van der Waals surface area contributed by atoms with Crippen LogP contribution in [0.4, 0.5) is 0 Å². The first-order chi connectivity index (χ1) is 9.15. The molecule has 0 bridgehead atoms. The highest BCUT2D eigenvalue weighted by atomic mass is 16.5. The number of carbonyl (C=O) groups is 1. The number of carboxylic acid groups (broad SMARTS) is 1. The summed E-state index contributed by atoms with van der Waals surface area (Å²) in [6.07, 6.45) is 2.64. The van der Waals surface area contributed by atoms with E-state index in [1.165, 1.54) is 6.20 Å². The van der Waals surface area contributed by atoms with Crippen LogP contribution in [0.15, 0.2) is 6.20 Å². The Hall–Kier alpha value is -1.47. The molecule has 2 fully saturated rings. The van der Waals surface area contributed by atoms with Crippen molar-refractivity contribution in [1.82, 2.24) is 19.9 Å². The molecule has 1 aromatic heterocycles. The van der Waals surface area contributed by atoms with E-state index >= 15 is 0 Å². The van der Waals surface area contributed by atoms with Gasteiger partial charge in [-0.2, -0.15) is 0 Å². The van der Waals surface area contributed by atoms with Gasteiger partial charge in [-0.05, 0) is 19.3 Å². The van der Waals surface area contributed by atoms with Crippen molar-refractivity contribution in [3.05, 3.63) is 11.9 Å². The van der Waals surface area contributed by atoms with Crippen molar-refractivity contribution in [2.75, 3.05) is 26.3 Å². The average molecular weight is 266 g/mol. The summed E-state index contributed by atoms with van der Waals surface area (Å²) in [4.78, 5) is 13.1. The molecule has 0 saturated carbocycles. The molecular formula is C12H18N4O3. The standard InChI is InChI=1S/C12H18N4O3/c1-8(9-2-3-19-7-9)15-4-10(5-15)16-6-11(12(17)18)13-14-16/h6,8-10H,2-5,7H2,1H3,(H,17,18). The number of ether oxygens (including phenoxy) is 1. The van der Waals surface area contributed by atoms with E-state index in [1.807, 2.05) is 0 Å². The summed E-state index contributed by atoms with van der Waals surface area (Å²) in [6.45, 7) is 5.77. The molecule has 19 heavy (non-hydrogen) atoms. The lowest BCUT2D eigenvalue weighted by molar-refractivity contribution is 0.0297. The molecule has 104 valence electrons. The molecule has 2 aliphatic heterocycles. The van der Waals surface area contributed by atoms with Gasteiger partial charge in [-0.1, -0.05) is 5.21 Å². The molecule has 7 heteroatoms. The number of aromatic carboxylic acids is 1. The Bertz CT molecular complexity index is 463. The van der Waals surface area contributed by atoms with Gasteiger partial charge in [-0.25, -0.2) is 9.48 Å². The molecule has 2 saturated heterocycles. The first-order valence-corrected chi connectivity index (χ1v) is 6.62. The van der Waals surface area contributed by atoms with Crippen molar-refractivity contribution >= 4 is 5.97 Å². The van der Waals surface area contributed by atoms with Crippen molar-refractivity contribution in [1.29, 1.82) is 0 Å². The molecule has 1 N–H and O–H groups in total. The van der Waals surface area contributed by atoms with Crippen LogP contribution in [-0.2, 0) is 4.74 Å². The molecule has 7 nitrogen and oxygen atoms in total. The Balaban J connectivity index is 1.55. The predicted octanol–water partition coefficient (Wildman–Crippen LogP) is 0.258. The van der Waals surface area contributed by atoms with E-state index in [-0.39, 0.29) is 11.7 Å². The third-order valence-corrected chi connectivity index (χ3v) is 4.22. The summed E-state index contributed by atoms with van der Waals surface area (Å²) in [6, 6.07) is 0.756. The second kappa shape index (κ2) is 4.90. The van der Waals surface area contributed by atoms with Crippen molar-refractivity contribution in [2.24, 2.45) is 5.92 Å². The Morgan fingerprint density at radius 3 is 2.95 bits per heavy atom. The van der Waals surface area contributed by atoms with Gasteiger partial charge in [-0.3, -0.25) is 4.90 Å². The third-order valence-electron chi connectivity index (χ3n) is 4.22. The molecule has 0 amide bonds. The van der Waals surface area contributed by atoms with Gasteiger partial charge in [0, 0.05) is 25.7 Å². The summed E-state index contributed by atoms with van der Waals surface area (Å²) < 4.78 is 7.08. The molecule has 2 atom stereocenters. The fourth-order valence-corrected chi connectivity index (χ4v) is 2.77. The Kier molecular flexibility index (Phi) is 3.24. The second-order valence-electron chi connectivity index (χ2n) is 5.36. The maximum absolute atomic E-state index is 10.7. The van der Waals surface area contributed by atoms with Gasteiger partial charge in [0.1, 0.15) is 0 Å². The van der Waals surface area contributed by atoms with Gasteiger partial charge in [0.2, 0.25) is 0 Å². The minimum Gasteiger partial charge on any atom is -0.476 e. The molecule has 1 aromatic rings. The number of aromatic nitrogens is 3. The highest BCUT2D eigenvalue weighted by molar-refractivity contribution is 5.84. The van der Waals surface area contributed by atoms with Gasteiger partial charge in [0.15, 0.2) is 5.69 Å². The topological polar surface area (TPSA) is 80.5 Å². The number of likely N-dealkylation sites (tertiary alicyclic amines) is 1. The van der Waals surface area contributed by atoms with Crippen LogP contribution in [0.25, 0.3) is 0 Å². The van der Waals surface area contributed by atoms with Crippen LogP contribution in [0.2, 0.25) is 0 Å².